The largest absolute Gasteiger partial charge is 0.369 e. The van der Waals surface area contributed by atoms with Gasteiger partial charge in [0, 0.05) is 13.1 Å². The molecule has 0 saturated heterocycles. The van der Waals surface area contributed by atoms with E-state index < -0.39 is 0 Å². The van der Waals surface area contributed by atoms with Crippen molar-refractivity contribution < 1.29 is 14.3 Å². The number of carbonyl (C=O) groups excluding carboxylic acids is 2. The molecule has 0 fully saturated rings. The van der Waals surface area contributed by atoms with Gasteiger partial charge >= 0.3 is 0 Å². The van der Waals surface area contributed by atoms with Gasteiger partial charge in [-0.05, 0) is 31.4 Å². The van der Waals surface area contributed by atoms with Crippen LogP contribution in [0.3, 0.4) is 0 Å². The van der Waals surface area contributed by atoms with Gasteiger partial charge in [-0.15, -0.1) is 13.2 Å². The number of nitrogens with zero attached hydrogens (tertiary/aromatic N) is 2. The standard InChI is InChI=1S/C25H32N2O3/c1-5-16-26(17-6-2)23-21(14-11-15-22(23)30-18(7-3)8-4)27-24(28)19-12-9-10-13-20(19)25(27)29/h5-6,9-13,15,18,21-23H,1-2,7-8,14,16-17H2,3-4H3/t21-,22+,23+/m0/s1. The highest BCUT2D eigenvalue weighted by Crippen LogP contribution is 2.33. The molecule has 5 heteroatoms. The second-order valence-corrected chi connectivity index (χ2v) is 7.82. The van der Waals surface area contributed by atoms with E-state index in [1.807, 2.05) is 18.2 Å². The van der Waals surface area contributed by atoms with E-state index in [2.05, 4.69) is 38.0 Å². The Morgan fingerprint density at radius 3 is 2.17 bits per heavy atom. The predicted octanol–water partition coefficient (Wildman–Crippen LogP) is 4.23. The molecule has 1 aromatic rings. The van der Waals surface area contributed by atoms with Crippen LogP contribution in [-0.2, 0) is 4.74 Å². The lowest BCUT2D eigenvalue weighted by atomic mass is 9.90. The van der Waals surface area contributed by atoms with Gasteiger partial charge in [0.25, 0.3) is 11.8 Å². The summed E-state index contributed by atoms with van der Waals surface area (Å²) in [7, 11) is 0. The molecule has 2 amide bonds. The number of benzene rings is 1. The molecule has 1 aliphatic heterocycles. The number of hydrogen-bond acceptors (Lipinski definition) is 4. The molecule has 0 bridgehead atoms. The minimum Gasteiger partial charge on any atom is -0.369 e. The SMILES string of the molecule is C=CCN(CC=C)[C@H]1[C@H](OC(CC)CC)C=CC[C@@H]1N1C(=O)c2ccccc2C1=O. The third kappa shape index (κ3) is 4.18. The maximum Gasteiger partial charge on any atom is 0.261 e. The van der Waals surface area contributed by atoms with Gasteiger partial charge < -0.3 is 4.74 Å². The Bertz CT molecular complexity index is 782. The molecule has 30 heavy (non-hydrogen) atoms. The lowest BCUT2D eigenvalue weighted by molar-refractivity contribution is -0.0550. The molecule has 160 valence electrons. The number of ether oxygens (including phenoxy) is 1. The summed E-state index contributed by atoms with van der Waals surface area (Å²) in [6.45, 7) is 13.3. The average molecular weight is 409 g/mol. The summed E-state index contributed by atoms with van der Waals surface area (Å²) >= 11 is 0. The van der Waals surface area contributed by atoms with E-state index in [9.17, 15) is 9.59 Å². The second kappa shape index (κ2) is 10.0. The molecule has 0 unspecified atom stereocenters. The molecule has 0 aromatic heterocycles. The molecular weight excluding hydrogens is 376 g/mol. The highest BCUT2D eigenvalue weighted by molar-refractivity contribution is 6.21. The molecule has 1 aliphatic carbocycles. The summed E-state index contributed by atoms with van der Waals surface area (Å²) in [4.78, 5) is 30.1. The monoisotopic (exact) mass is 408 g/mol. The van der Waals surface area contributed by atoms with Crippen LogP contribution in [0.25, 0.3) is 0 Å². The van der Waals surface area contributed by atoms with Crippen molar-refractivity contribution in [1.82, 2.24) is 9.80 Å². The van der Waals surface area contributed by atoms with Crippen molar-refractivity contribution in [3.05, 3.63) is 72.9 Å². The van der Waals surface area contributed by atoms with Gasteiger partial charge in [0.15, 0.2) is 0 Å². The fourth-order valence-electron chi connectivity index (χ4n) is 4.52. The minimum atomic E-state index is -0.318. The molecule has 0 N–H and O–H groups in total. The van der Waals surface area contributed by atoms with Crippen LogP contribution in [0.4, 0.5) is 0 Å². The summed E-state index contributed by atoms with van der Waals surface area (Å²) < 4.78 is 6.47. The Kier molecular flexibility index (Phi) is 7.40. The topological polar surface area (TPSA) is 49.9 Å². The van der Waals surface area contributed by atoms with Crippen molar-refractivity contribution in [1.29, 1.82) is 0 Å². The zero-order valence-electron chi connectivity index (χ0n) is 18.0. The summed E-state index contributed by atoms with van der Waals surface area (Å²) in [5.41, 5.74) is 0.958. The molecule has 5 nitrogen and oxygen atoms in total. The third-order valence-corrected chi connectivity index (χ3v) is 6.00. The maximum atomic E-state index is 13.2. The Morgan fingerprint density at radius 2 is 1.67 bits per heavy atom. The zero-order chi connectivity index (χ0) is 21.7. The van der Waals surface area contributed by atoms with E-state index in [1.165, 1.54) is 4.90 Å². The van der Waals surface area contributed by atoms with Crippen molar-refractivity contribution in [2.24, 2.45) is 0 Å². The van der Waals surface area contributed by atoms with Gasteiger partial charge in [0.2, 0.25) is 0 Å². The first-order chi connectivity index (χ1) is 14.6. The molecule has 0 radical (unpaired) electrons. The number of imide groups is 1. The molecule has 1 aromatic carbocycles. The first-order valence-corrected chi connectivity index (χ1v) is 10.8. The van der Waals surface area contributed by atoms with Crippen LogP contribution in [0.15, 0.2) is 61.7 Å². The van der Waals surface area contributed by atoms with Crippen molar-refractivity contribution in [3.63, 3.8) is 0 Å². The molecule has 0 saturated carbocycles. The minimum absolute atomic E-state index is 0.123. The fraction of sp³-hybridized carbons (Fsp3) is 0.440. The highest BCUT2D eigenvalue weighted by Gasteiger charge is 2.47. The smallest absolute Gasteiger partial charge is 0.261 e. The van der Waals surface area contributed by atoms with E-state index >= 15 is 0 Å². The van der Waals surface area contributed by atoms with Gasteiger partial charge in [0.05, 0.1) is 35.4 Å². The van der Waals surface area contributed by atoms with Crippen LogP contribution >= 0.6 is 0 Å². The van der Waals surface area contributed by atoms with Crippen molar-refractivity contribution in [3.8, 4) is 0 Å². The predicted molar refractivity (Wildman–Crippen MR) is 119 cm³/mol. The third-order valence-electron chi connectivity index (χ3n) is 6.00. The van der Waals surface area contributed by atoms with Gasteiger partial charge in [-0.1, -0.05) is 50.3 Å². The van der Waals surface area contributed by atoms with E-state index in [0.717, 1.165) is 12.8 Å². The number of carbonyl (C=O) groups is 2. The summed E-state index contributed by atoms with van der Waals surface area (Å²) in [6.07, 6.45) is 10.1. The quantitative estimate of drug-likeness (QED) is 0.429. The normalized spacial score (nSPS) is 23.3. The molecule has 3 rings (SSSR count). The molecule has 0 spiro atoms. The first-order valence-electron chi connectivity index (χ1n) is 10.8. The number of rotatable bonds is 10. The van der Waals surface area contributed by atoms with E-state index in [1.54, 1.807) is 24.3 Å². The highest BCUT2D eigenvalue weighted by atomic mass is 16.5. The van der Waals surface area contributed by atoms with Gasteiger partial charge in [-0.2, -0.15) is 0 Å². The Balaban J connectivity index is 2.00. The Morgan fingerprint density at radius 1 is 1.10 bits per heavy atom. The van der Waals surface area contributed by atoms with Crippen LogP contribution in [0.5, 0.6) is 0 Å². The maximum absolute atomic E-state index is 13.2. The lowest BCUT2D eigenvalue weighted by Gasteiger charge is -2.45. The summed E-state index contributed by atoms with van der Waals surface area (Å²) in [5, 5.41) is 0. The number of amides is 2. The lowest BCUT2D eigenvalue weighted by Crippen LogP contribution is -2.60. The van der Waals surface area contributed by atoms with Gasteiger partial charge in [-0.3, -0.25) is 19.4 Å². The summed E-state index contributed by atoms with van der Waals surface area (Å²) in [5.74, 6) is -0.446. The number of fused-ring (bicyclic) bond motifs is 1. The first kappa shape index (κ1) is 22.2. The van der Waals surface area contributed by atoms with E-state index in [4.69, 9.17) is 4.74 Å². The summed E-state index contributed by atoms with van der Waals surface area (Å²) in [6, 6.07) is 6.56. The van der Waals surface area contributed by atoms with E-state index in [0.29, 0.717) is 30.6 Å². The van der Waals surface area contributed by atoms with Crippen LogP contribution in [0.2, 0.25) is 0 Å². The van der Waals surface area contributed by atoms with Crippen LogP contribution in [0, 0.1) is 0 Å². The molecule has 2 aliphatic rings. The Labute approximate surface area is 179 Å². The van der Waals surface area contributed by atoms with Crippen LogP contribution in [-0.4, -0.2) is 59.0 Å². The van der Waals surface area contributed by atoms with Crippen LogP contribution < -0.4 is 0 Å². The fourth-order valence-corrected chi connectivity index (χ4v) is 4.52. The van der Waals surface area contributed by atoms with Gasteiger partial charge in [0.1, 0.15) is 0 Å². The molecular formula is C25H32N2O3. The van der Waals surface area contributed by atoms with E-state index in [-0.39, 0.29) is 36.1 Å². The zero-order valence-corrected chi connectivity index (χ0v) is 18.0. The Hall–Kier alpha value is -2.50. The molecule has 1 heterocycles. The average Bonchev–Trinajstić information content (AvgIpc) is 3.02. The van der Waals surface area contributed by atoms with Crippen molar-refractivity contribution in [2.75, 3.05) is 13.1 Å². The van der Waals surface area contributed by atoms with Gasteiger partial charge in [-0.25, -0.2) is 0 Å². The number of hydrogen-bond donors (Lipinski definition) is 0. The second-order valence-electron chi connectivity index (χ2n) is 7.82. The van der Waals surface area contributed by atoms with Crippen LogP contribution in [0.1, 0.15) is 53.8 Å². The molecule has 3 atom stereocenters. The van der Waals surface area contributed by atoms with Crippen molar-refractivity contribution in [2.45, 2.75) is 57.4 Å². The van der Waals surface area contributed by atoms with Crippen molar-refractivity contribution >= 4 is 11.8 Å².